The van der Waals surface area contributed by atoms with E-state index in [1.165, 1.54) is 6.20 Å². The average molecular weight is 317 g/mol. The molecule has 1 unspecified atom stereocenters. The Morgan fingerprint density at radius 2 is 2.04 bits per heavy atom. The van der Waals surface area contributed by atoms with E-state index < -0.39 is 0 Å². The Labute approximate surface area is 136 Å². The highest BCUT2D eigenvalue weighted by atomic mass is 16.5. The lowest BCUT2D eigenvalue weighted by molar-refractivity contribution is 0.0291. The van der Waals surface area contributed by atoms with Crippen LogP contribution < -0.4 is 5.32 Å². The molecular weight excluding hydrogens is 294 g/mol. The molecule has 3 heterocycles. The van der Waals surface area contributed by atoms with Gasteiger partial charge in [0.2, 0.25) is 0 Å². The zero-order valence-electron chi connectivity index (χ0n) is 13.5. The largest absolute Gasteiger partial charge is 0.378 e. The summed E-state index contributed by atoms with van der Waals surface area (Å²) in [5.74, 6) is 0.323. The minimum atomic E-state index is -0.249. The summed E-state index contributed by atoms with van der Waals surface area (Å²) in [6, 6.07) is 3.26. The van der Waals surface area contributed by atoms with E-state index in [-0.39, 0.29) is 11.8 Å². The number of likely N-dealkylation sites (tertiary alicyclic amines) is 1. The van der Waals surface area contributed by atoms with Crippen LogP contribution in [0.5, 0.6) is 0 Å². The van der Waals surface area contributed by atoms with Gasteiger partial charge in [-0.2, -0.15) is 0 Å². The zero-order chi connectivity index (χ0) is 16.2. The van der Waals surface area contributed by atoms with Crippen LogP contribution >= 0.6 is 0 Å². The molecule has 1 N–H and O–H groups in total. The van der Waals surface area contributed by atoms with E-state index >= 15 is 0 Å². The van der Waals surface area contributed by atoms with Gasteiger partial charge in [-0.05, 0) is 43.7 Å². The third kappa shape index (κ3) is 3.52. The molecule has 0 spiro atoms. The Morgan fingerprint density at radius 1 is 1.26 bits per heavy atom. The predicted octanol–water partition coefficient (Wildman–Crippen LogP) is 1.47. The van der Waals surface area contributed by atoms with E-state index in [1.54, 1.807) is 19.2 Å². The second-order valence-electron chi connectivity index (χ2n) is 6.19. The number of aromatic nitrogens is 1. The number of carbonyl (C=O) groups is 2. The lowest BCUT2D eigenvalue weighted by Gasteiger charge is -2.34. The summed E-state index contributed by atoms with van der Waals surface area (Å²) in [6.07, 6.45) is 6.19. The van der Waals surface area contributed by atoms with Gasteiger partial charge in [-0.15, -0.1) is 0 Å². The Hall–Kier alpha value is -1.95. The molecule has 3 rings (SSSR count). The standard InChI is InChI=1S/C17H23N3O3/c1-18-16(21)14-5-4-13(11-19-14)17(22)20-8-6-12(7-9-20)15-3-2-10-23-15/h4-5,11-12,15H,2-3,6-10H2,1H3,(H,18,21). The fourth-order valence-electron chi connectivity index (χ4n) is 3.41. The molecule has 2 aliphatic rings. The van der Waals surface area contributed by atoms with Gasteiger partial charge in [0.05, 0.1) is 11.7 Å². The molecule has 2 fully saturated rings. The van der Waals surface area contributed by atoms with Crippen LogP contribution in [0, 0.1) is 5.92 Å². The fraction of sp³-hybridized carbons (Fsp3) is 0.588. The van der Waals surface area contributed by atoms with Crippen LogP contribution in [0.4, 0.5) is 0 Å². The molecular formula is C17H23N3O3. The van der Waals surface area contributed by atoms with Crippen LogP contribution in [-0.2, 0) is 4.74 Å². The predicted molar refractivity (Wildman–Crippen MR) is 85.2 cm³/mol. The van der Waals surface area contributed by atoms with Gasteiger partial charge >= 0.3 is 0 Å². The van der Waals surface area contributed by atoms with E-state index in [0.29, 0.717) is 23.3 Å². The van der Waals surface area contributed by atoms with Gasteiger partial charge in [0.25, 0.3) is 11.8 Å². The van der Waals surface area contributed by atoms with Gasteiger partial charge in [0.15, 0.2) is 0 Å². The van der Waals surface area contributed by atoms with E-state index in [1.807, 2.05) is 4.90 Å². The van der Waals surface area contributed by atoms with E-state index in [2.05, 4.69) is 10.3 Å². The lowest BCUT2D eigenvalue weighted by Crippen LogP contribution is -2.41. The second kappa shape index (κ2) is 7.08. The van der Waals surface area contributed by atoms with Gasteiger partial charge in [-0.25, -0.2) is 0 Å². The highest BCUT2D eigenvalue weighted by Gasteiger charge is 2.31. The smallest absolute Gasteiger partial charge is 0.269 e. The van der Waals surface area contributed by atoms with Gasteiger partial charge in [0, 0.05) is 32.9 Å². The van der Waals surface area contributed by atoms with Crippen molar-refractivity contribution in [1.29, 1.82) is 0 Å². The Morgan fingerprint density at radius 3 is 2.61 bits per heavy atom. The highest BCUT2D eigenvalue weighted by Crippen LogP contribution is 2.29. The number of hydrogen-bond acceptors (Lipinski definition) is 4. The molecule has 6 heteroatoms. The van der Waals surface area contributed by atoms with Crippen LogP contribution in [0.2, 0.25) is 0 Å². The monoisotopic (exact) mass is 317 g/mol. The van der Waals surface area contributed by atoms with Gasteiger partial charge in [0.1, 0.15) is 5.69 Å². The van der Waals surface area contributed by atoms with E-state index in [9.17, 15) is 9.59 Å². The van der Waals surface area contributed by atoms with Crippen LogP contribution in [0.1, 0.15) is 46.5 Å². The number of nitrogens with zero attached hydrogens (tertiary/aromatic N) is 2. The first kappa shape index (κ1) is 15.9. The van der Waals surface area contributed by atoms with E-state index in [4.69, 9.17) is 4.74 Å². The first-order valence-electron chi connectivity index (χ1n) is 8.28. The van der Waals surface area contributed by atoms with Crippen LogP contribution in [-0.4, -0.2) is 54.5 Å². The Kier molecular flexibility index (Phi) is 4.91. The quantitative estimate of drug-likeness (QED) is 0.916. The molecule has 2 amide bonds. The minimum Gasteiger partial charge on any atom is -0.378 e. The summed E-state index contributed by atoms with van der Waals surface area (Å²) < 4.78 is 5.77. The second-order valence-corrected chi connectivity index (χ2v) is 6.19. The van der Waals surface area contributed by atoms with Crippen molar-refractivity contribution in [3.05, 3.63) is 29.6 Å². The number of ether oxygens (including phenoxy) is 1. The number of nitrogens with one attached hydrogen (secondary N) is 1. The summed E-state index contributed by atoms with van der Waals surface area (Å²) >= 11 is 0. The number of rotatable bonds is 3. The number of amides is 2. The molecule has 0 aromatic carbocycles. The van der Waals surface area contributed by atoms with Gasteiger partial charge in [-0.1, -0.05) is 0 Å². The third-order valence-electron chi connectivity index (χ3n) is 4.79. The summed E-state index contributed by atoms with van der Waals surface area (Å²) in [5, 5.41) is 2.52. The maximum absolute atomic E-state index is 12.5. The van der Waals surface area contributed by atoms with Crippen LogP contribution in [0.25, 0.3) is 0 Å². The molecule has 2 aliphatic heterocycles. The normalized spacial score (nSPS) is 22.1. The van der Waals surface area contributed by atoms with E-state index in [0.717, 1.165) is 45.4 Å². The van der Waals surface area contributed by atoms with Crippen molar-refractivity contribution in [3.8, 4) is 0 Å². The first-order chi connectivity index (χ1) is 11.2. The Bertz CT molecular complexity index is 559. The van der Waals surface area contributed by atoms with Crippen LogP contribution in [0.15, 0.2) is 18.3 Å². The minimum absolute atomic E-state index is 0.00764. The highest BCUT2D eigenvalue weighted by molar-refractivity contribution is 5.96. The van der Waals surface area contributed by atoms with Crippen LogP contribution in [0.3, 0.4) is 0 Å². The molecule has 0 saturated carbocycles. The topological polar surface area (TPSA) is 71.5 Å². The third-order valence-corrected chi connectivity index (χ3v) is 4.79. The summed E-state index contributed by atoms with van der Waals surface area (Å²) in [4.78, 5) is 30.0. The molecule has 1 aromatic rings. The summed E-state index contributed by atoms with van der Waals surface area (Å²) in [5.41, 5.74) is 0.856. The molecule has 1 atom stereocenters. The van der Waals surface area contributed by atoms with Crippen molar-refractivity contribution in [2.75, 3.05) is 26.7 Å². The van der Waals surface area contributed by atoms with Crippen molar-refractivity contribution in [1.82, 2.24) is 15.2 Å². The molecule has 0 aliphatic carbocycles. The lowest BCUT2D eigenvalue weighted by atomic mass is 9.89. The number of piperidine rings is 1. The number of pyridine rings is 1. The molecule has 2 saturated heterocycles. The molecule has 23 heavy (non-hydrogen) atoms. The van der Waals surface area contributed by atoms with Crippen molar-refractivity contribution >= 4 is 11.8 Å². The van der Waals surface area contributed by atoms with Gasteiger partial charge < -0.3 is 15.0 Å². The Balaban J connectivity index is 1.57. The molecule has 0 bridgehead atoms. The number of carbonyl (C=O) groups excluding carboxylic acids is 2. The maximum atomic E-state index is 12.5. The van der Waals surface area contributed by atoms with Crippen molar-refractivity contribution in [3.63, 3.8) is 0 Å². The fourth-order valence-corrected chi connectivity index (χ4v) is 3.41. The molecule has 6 nitrogen and oxygen atoms in total. The average Bonchev–Trinajstić information content (AvgIpc) is 3.15. The first-order valence-corrected chi connectivity index (χ1v) is 8.28. The molecule has 1 aromatic heterocycles. The SMILES string of the molecule is CNC(=O)c1ccc(C(=O)N2CCC(C3CCCO3)CC2)cn1. The molecule has 124 valence electrons. The molecule has 0 radical (unpaired) electrons. The maximum Gasteiger partial charge on any atom is 0.269 e. The van der Waals surface area contributed by atoms with Gasteiger partial charge in [-0.3, -0.25) is 14.6 Å². The van der Waals surface area contributed by atoms with Crippen molar-refractivity contribution in [2.24, 2.45) is 5.92 Å². The van der Waals surface area contributed by atoms with Crippen molar-refractivity contribution < 1.29 is 14.3 Å². The number of hydrogen-bond donors (Lipinski definition) is 1. The van der Waals surface area contributed by atoms with Crippen molar-refractivity contribution in [2.45, 2.75) is 31.8 Å². The summed E-state index contributed by atoms with van der Waals surface area (Å²) in [6.45, 7) is 2.41. The zero-order valence-corrected chi connectivity index (χ0v) is 13.5. The summed E-state index contributed by atoms with van der Waals surface area (Å²) in [7, 11) is 1.56.